The summed E-state index contributed by atoms with van der Waals surface area (Å²) in [6.07, 6.45) is -0.650. The molecule has 24 heavy (non-hydrogen) atoms. The van der Waals surface area contributed by atoms with Gasteiger partial charge in [0, 0.05) is 11.5 Å². The zero-order valence-electron chi connectivity index (χ0n) is 13.2. The van der Waals surface area contributed by atoms with E-state index in [0.29, 0.717) is 5.75 Å². The summed E-state index contributed by atoms with van der Waals surface area (Å²) in [7, 11) is 0. The first-order chi connectivity index (χ1) is 11.6. The summed E-state index contributed by atoms with van der Waals surface area (Å²) in [6, 6.07) is 18.4. The van der Waals surface area contributed by atoms with E-state index in [1.807, 2.05) is 60.7 Å². The molecule has 0 aromatic heterocycles. The van der Waals surface area contributed by atoms with Gasteiger partial charge in [0.05, 0.1) is 0 Å². The molecule has 3 N–H and O–H groups in total. The summed E-state index contributed by atoms with van der Waals surface area (Å²) in [5, 5.41) is 2.52. The highest BCUT2D eigenvalue weighted by Gasteiger charge is 2.18. The van der Waals surface area contributed by atoms with Gasteiger partial charge in [-0.05, 0) is 11.1 Å². The number of hydrogen-bond acceptors (Lipinski definition) is 4. The Hall–Kier alpha value is -2.47. The third-order valence-corrected chi connectivity index (χ3v) is 4.35. The minimum atomic E-state index is -0.762. The van der Waals surface area contributed by atoms with Gasteiger partial charge in [-0.25, -0.2) is 4.79 Å². The van der Waals surface area contributed by atoms with Crippen LogP contribution in [0, 0.1) is 0 Å². The lowest BCUT2D eigenvalue weighted by atomic mass is 10.2. The van der Waals surface area contributed by atoms with Crippen LogP contribution in [0.15, 0.2) is 60.7 Å². The maximum absolute atomic E-state index is 11.8. The molecule has 5 nitrogen and oxygen atoms in total. The van der Waals surface area contributed by atoms with Crippen LogP contribution >= 0.6 is 11.8 Å². The molecular formula is C18H20N2O3S. The molecule has 2 aromatic carbocycles. The lowest BCUT2D eigenvalue weighted by Gasteiger charge is -2.15. The maximum atomic E-state index is 11.8. The molecule has 0 saturated heterocycles. The van der Waals surface area contributed by atoms with Gasteiger partial charge in [0.25, 0.3) is 0 Å². The average molecular weight is 344 g/mol. The van der Waals surface area contributed by atoms with E-state index in [1.54, 1.807) is 0 Å². The second-order valence-electron chi connectivity index (χ2n) is 5.16. The van der Waals surface area contributed by atoms with E-state index in [-0.39, 0.29) is 6.61 Å². The van der Waals surface area contributed by atoms with Gasteiger partial charge in [0.2, 0.25) is 5.91 Å². The second kappa shape index (κ2) is 9.62. The zero-order chi connectivity index (χ0) is 17.2. The van der Waals surface area contributed by atoms with Gasteiger partial charge in [-0.3, -0.25) is 4.79 Å². The molecule has 2 aromatic rings. The van der Waals surface area contributed by atoms with Gasteiger partial charge in [-0.15, -0.1) is 0 Å². The first-order valence-corrected chi connectivity index (χ1v) is 8.69. The van der Waals surface area contributed by atoms with Crippen LogP contribution in [0.2, 0.25) is 0 Å². The fourth-order valence-electron chi connectivity index (χ4n) is 1.97. The standard InChI is InChI=1S/C18H20N2O3S/c19-17(21)16(13-24-12-15-9-5-2-6-10-15)20-18(22)23-11-14-7-3-1-4-8-14/h1-10,16H,11-13H2,(H2,19,21)(H,20,22). The zero-order valence-corrected chi connectivity index (χ0v) is 14.0. The van der Waals surface area contributed by atoms with Crippen molar-refractivity contribution in [1.82, 2.24) is 5.32 Å². The van der Waals surface area contributed by atoms with Crippen LogP contribution in [0.5, 0.6) is 0 Å². The van der Waals surface area contributed by atoms with Gasteiger partial charge < -0.3 is 15.8 Å². The minimum absolute atomic E-state index is 0.148. The Balaban J connectivity index is 1.75. The number of carbonyl (C=O) groups is 2. The third-order valence-electron chi connectivity index (χ3n) is 3.24. The molecule has 2 rings (SSSR count). The van der Waals surface area contributed by atoms with Gasteiger partial charge in [0.1, 0.15) is 12.6 Å². The number of rotatable bonds is 8. The number of nitrogens with one attached hydrogen (secondary N) is 1. The molecule has 0 fully saturated rings. The molecule has 0 aliphatic carbocycles. The smallest absolute Gasteiger partial charge is 0.408 e. The number of ether oxygens (including phenoxy) is 1. The highest BCUT2D eigenvalue weighted by atomic mass is 32.2. The monoisotopic (exact) mass is 344 g/mol. The molecule has 0 aliphatic rings. The van der Waals surface area contributed by atoms with E-state index >= 15 is 0 Å². The van der Waals surface area contributed by atoms with E-state index in [4.69, 9.17) is 10.5 Å². The van der Waals surface area contributed by atoms with Crippen LogP contribution in [0.3, 0.4) is 0 Å². The van der Waals surface area contributed by atoms with E-state index in [2.05, 4.69) is 5.32 Å². The van der Waals surface area contributed by atoms with Crippen LogP contribution in [0.1, 0.15) is 11.1 Å². The molecule has 2 amide bonds. The van der Waals surface area contributed by atoms with Crippen LogP contribution in [-0.2, 0) is 21.9 Å². The van der Waals surface area contributed by atoms with Crippen molar-refractivity contribution < 1.29 is 14.3 Å². The summed E-state index contributed by atoms with van der Waals surface area (Å²) in [5.41, 5.74) is 7.38. The van der Waals surface area contributed by atoms with Gasteiger partial charge >= 0.3 is 6.09 Å². The van der Waals surface area contributed by atoms with Crippen molar-refractivity contribution in [2.24, 2.45) is 5.73 Å². The largest absolute Gasteiger partial charge is 0.445 e. The summed E-state index contributed by atoms with van der Waals surface area (Å²) < 4.78 is 5.11. The Morgan fingerprint density at radius 3 is 2.17 bits per heavy atom. The second-order valence-corrected chi connectivity index (χ2v) is 6.19. The Kier molecular flexibility index (Phi) is 7.17. The van der Waals surface area contributed by atoms with Crippen molar-refractivity contribution in [3.63, 3.8) is 0 Å². The van der Waals surface area contributed by atoms with Crippen molar-refractivity contribution in [1.29, 1.82) is 0 Å². The topological polar surface area (TPSA) is 81.4 Å². The number of alkyl carbamates (subject to hydrolysis) is 1. The van der Waals surface area contributed by atoms with Gasteiger partial charge in [-0.1, -0.05) is 60.7 Å². The number of primary amides is 1. The Morgan fingerprint density at radius 1 is 1.00 bits per heavy atom. The van der Waals surface area contributed by atoms with E-state index < -0.39 is 18.0 Å². The molecule has 1 unspecified atom stereocenters. The lowest BCUT2D eigenvalue weighted by Crippen LogP contribution is -2.46. The summed E-state index contributed by atoms with van der Waals surface area (Å²) in [5.74, 6) is 0.558. The van der Waals surface area contributed by atoms with Crippen molar-refractivity contribution in [2.75, 3.05) is 5.75 Å². The first kappa shape index (κ1) is 17.9. The molecule has 126 valence electrons. The third kappa shape index (κ3) is 6.34. The number of nitrogens with two attached hydrogens (primary N) is 1. The predicted octanol–water partition coefficient (Wildman–Crippen LogP) is 2.70. The van der Waals surface area contributed by atoms with Crippen LogP contribution < -0.4 is 11.1 Å². The molecule has 0 saturated carbocycles. The Morgan fingerprint density at radius 2 is 1.58 bits per heavy atom. The number of amides is 2. The van der Waals surface area contributed by atoms with Crippen LogP contribution in [-0.4, -0.2) is 23.8 Å². The Bertz CT molecular complexity index is 650. The molecular weight excluding hydrogens is 324 g/mol. The maximum Gasteiger partial charge on any atom is 0.408 e. The minimum Gasteiger partial charge on any atom is -0.445 e. The van der Waals surface area contributed by atoms with Crippen LogP contribution in [0.25, 0.3) is 0 Å². The van der Waals surface area contributed by atoms with Gasteiger partial charge in [-0.2, -0.15) is 11.8 Å². The van der Waals surface area contributed by atoms with Crippen molar-refractivity contribution in [2.45, 2.75) is 18.4 Å². The average Bonchev–Trinajstić information content (AvgIpc) is 2.61. The summed E-state index contributed by atoms with van der Waals surface area (Å²) >= 11 is 1.53. The number of carbonyl (C=O) groups excluding carboxylic acids is 2. The normalized spacial score (nSPS) is 11.5. The van der Waals surface area contributed by atoms with Crippen LogP contribution in [0.4, 0.5) is 4.79 Å². The quantitative estimate of drug-likeness (QED) is 0.771. The van der Waals surface area contributed by atoms with E-state index in [1.165, 1.54) is 11.8 Å². The fourth-order valence-corrected chi connectivity index (χ4v) is 3.00. The highest BCUT2D eigenvalue weighted by molar-refractivity contribution is 7.98. The Labute approximate surface area is 145 Å². The molecule has 0 spiro atoms. The molecule has 0 radical (unpaired) electrons. The first-order valence-electron chi connectivity index (χ1n) is 7.53. The number of thioether (sulfide) groups is 1. The highest BCUT2D eigenvalue weighted by Crippen LogP contribution is 2.13. The fraction of sp³-hybridized carbons (Fsp3) is 0.222. The number of benzene rings is 2. The van der Waals surface area contributed by atoms with Crippen molar-refractivity contribution in [3.8, 4) is 0 Å². The van der Waals surface area contributed by atoms with E-state index in [0.717, 1.165) is 16.9 Å². The summed E-state index contributed by atoms with van der Waals surface area (Å²) in [6.45, 7) is 0.148. The molecule has 0 aliphatic heterocycles. The van der Waals surface area contributed by atoms with Crippen molar-refractivity contribution >= 4 is 23.8 Å². The summed E-state index contributed by atoms with van der Waals surface area (Å²) in [4.78, 5) is 23.3. The van der Waals surface area contributed by atoms with Crippen molar-refractivity contribution in [3.05, 3.63) is 71.8 Å². The predicted molar refractivity (Wildman–Crippen MR) is 95.3 cm³/mol. The molecule has 0 heterocycles. The van der Waals surface area contributed by atoms with E-state index in [9.17, 15) is 9.59 Å². The lowest BCUT2D eigenvalue weighted by molar-refractivity contribution is -0.119. The van der Waals surface area contributed by atoms with Gasteiger partial charge in [0.15, 0.2) is 0 Å². The SMILES string of the molecule is NC(=O)C(CSCc1ccccc1)NC(=O)OCc1ccccc1. The molecule has 0 bridgehead atoms. The number of hydrogen-bond donors (Lipinski definition) is 2. The molecule has 6 heteroatoms. The molecule has 1 atom stereocenters.